The van der Waals surface area contributed by atoms with Gasteiger partial charge in [-0.15, -0.1) is 0 Å². The highest BCUT2D eigenvalue weighted by Crippen LogP contribution is 2.54. The van der Waals surface area contributed by atoms with Gasteiger partial charge in [0.05, 0.1) is 78.5 Å². The topological polar surface area (TPSA) is 296 Å². The number of carboxylic acid groups (broad SMARTS) is 1. The number of pyridine rings is 2. The first kappa shape index (κ1) is 90.3. The molecule has 0 spiro atoms. The predicted molar refractivity (Wildman–Crippen MR) is 453 cm³/mol. The van der Waals surface area contributed by atoms with E-state index in [1.165, 1.54) is 37.3 Å². The maximum atomic E-state index is 14.6. The number of esters is 3. The summed E-state index contributed by atoms with van der Waals surface area (Å²) in [7, 11) is -9.19. The Bertz CT molecular complexity index is 4920. The zero-order valence-corrected chi connectivity index (χ0v) is 72.2. The number of benzene rings is 6. The Kier molecular flexibility index (Phi) is 30.0. The van der Waals surface area contributed by atoms with Crippen molar-refractivity contribution < 1.29 is 94.6 Å². The van der Waals surface area contributed by atoms with Crippen LogP contribution in [0, 0.1) is 22.5 Å². The minimum Gasteiger partial charge on any atom is -0.481 e. The van der Waals surface area contributed by atoms with E-state index in [-0.39, 0.29) is 48.7 Å². The molecule has 8 atom stereocenters. The lowest BCUT2D eigenvalue weighted by Gasteiger charge is -2.57. The van der Waals surface area contributed by atoms with Crippen LogP contribution in [0.4, 0.5) is 8.78 Å². The zero-order valence-electron chi connectivity index (χ0n) is 69.4. The zero-order chi connectivity index (χ0) is 85.0. The molecule has 5 N–H and O–H groups in total. The molecule has 0 radical (unpaired) electrons. The van der Waals surface area contributed by atoms with Gasteiger partial charge in [-0.1, -0.05) is 146 Å². The van der Waals surface area contributed by atoms with Gasteiger partial charge in [-0.2, -0.15) is 0 Å². The monoisotopic (exact) mass is 1660 g/mol. The first-order chi connectivity index (χ1) is 55.1. The molecule has 8 aromatic rings. The number of aromatic nitrogens is 2. The van der Waals surface area contributed by atoms with Crippen LogP contribution in [0.2, 0.25) is 25.7 Å². The van der Waals surface area contributed by atoms with E-state index in [0.717, 1.165) is 65.2 Å². The van der Waals surface area contributed by atoms with Crippen molar-refractivity contribution in [2.24, 2.45) is 10.8 Å². The fourth-order valence-electron chi connectivity index (χ4n) is 14.1. The summed E-state index contributed by atoms with van der Waals surface area (Å²) >= 11 is 0. The highest BCUT2D eigenvalue weighted by Gasteiger charge is 2.58. The largest absolute Gasteiger partial charge is 0.481 e. The number of carbonyl (C=O) groups is 4. The van der Waals surface area contributed by atoms with Crippen molar-refractivity contribution in [2.75, 3.05) is 19.3 Å². The number of fused-ring (bicyclic) bond motifs is 2. The van der Waals surface area contributed by atoms with Crippen LogP contribution in [-0.2, 0) is 52.0 Å². The van der Waals surface area contributed by atoms with E-state index >= 15 is 0 Å². The number of aliphatic carboxylic acids is 1. The van der Waals surface area contributed by atoms with Gasteiger partial charge in [-0.3, -0.25) is 38.3 Å². The number of ether oxygens (including phenoxy) is 7. The Hall–Kier alpha value is -9.00. The summed E-state index contributed by atoms with van der Waals surface area (Å²) < 4.78 is 112. The molecule has 3 aliphatic rings. The van der Waals surface area contributed by atoms with Gasteiger partial charge in [0.25, 0.3) is 0 Å². The highest BCUT2D eigenvalue weighted by molar-refractivity contribution is 7.57. The van der Waals surface area contributed by atoms with Crippen LogP contribution >= 0.6 is 15.0 Å². The summed E-state index contributed by atoms with van der Waals surface area (Å²) in [4.78, 5) is 60.0. The molecule has 22 nitrogen and oxygen atoms in total. The lowest BCUT2D eigenvalue weighted by Crippen LogP contribution is -2.63. The summed E-state index contributed by atoms with van der Waals surface area (Å²) in [5.41, 5.74) is 6.56. The van der Waals surface area contributed by atoms with Crippen molar-refractivity contribution in [3.8, 4) is 45.3 Å². The molecule has 0 amide bonds. The average Bonchev–Trinajstić information content (AvgIpc) is 1.71. The van der Waals surface area contributed by atoms with Crippen molar-refractivity contribution in [1.82, 2.24) is 20.1 Å². The summed E-state index contributed by atoms with van der Waals surface area (Å²) in [6.45, 7) is 29.8. The fourth-order valence-corrected chi connectivity index (χ4v) is 18.1. The van der Waals surface area contributed by atoms with E-state index in [2.05, 4.69) is 83.5 Å². The van der Waals surface area contributed by atoms with Crippen LogP contribution in [0.3, 0.4) is 0 Å². The first-order valence-electron chi connectivity index (χ1n) is 40.0. The molecule has 2 unspecified atom stereocenters. The molecule has 2 aromatic heterocycles. The van der Waals surface area contributed by atoms with Gasteiger partial charge in [0.2, 0.25) is 0 Å². The molecule has 117 heavy (non-hydrogen) atoms. The molecule has 0 bridgehead atoms. The number of carboxylic acids is 1. The number of hydrogen-bond donors (Lipinski definition) is 5. The van der Waals surface area contributed by atoms with Crippen molar-refractivity contribution in [3.63, 3.8) is 0 Å². The van der Waals surface area contributed by atoms with Crippen LogP contribution in [0.15, 0.2) is 158 Å². The van der Waals surface area contributed by atoms with E-state index in [0.29, 0.717) is 69.1 Å². The smallest absolute Gasteiger partial charge is 0.354 e. The van der Waals surface area contributed by atoms with E-state index < -0.39 is 119 Å². The summed E-state index contributed by atoms with van der Waals surface area (Å²) in [6, 6.07) is 39.2. The quantitative estimate of drug-likeness (QED) is 0.0107. The Morgan fingerprint density at radius 1 is 0.607 bits per heavy atom. The summed E-state index contributed by atoms with van der Waals surface area (Å²) in [5, 5.41) is 36.8. The minimum absolute atomic E-state index is 0.0988. The molecule has 628 valence electrons. The molecule has 1 aliphatic heterocycles. The molecule has 1 saturated heterocycles. The van der Waals surface area contributed by atoms with Crippen molar-refractivity contribution in [2.45, 2.75) is 226 Å². The van der Waals surface area contributed by atoms with Crippen molar-refractivity contribution >= 4 is 80.9 Å². The van der Waals surface area contributed by atoms with E-state index in [4.69, 9.17) is 57.3 Å². The number of halogens is 2. The number of hydrogen-bond acceptors (Lipinski definition) is 19. The fraction of sp³-hybridized carbons (Fsp3) is 0.444. The minimum atomic E-state index is -3.90. The molecule has 6 aromatic carbocycles. The van der Waals surface area contributed by atoms with Gasteiger partial charge in [0.15, 0.2) is 18.5 Å². The maximum absolute atomic E-state index is 14.6. The summed E-state index contributed by atoms with van der Waals surface area (Å²) in [6.07, 6.45) is 5.98. The molecule has 2 aliphatic carbocycles. The van der Waals surface area contributed by atoms with Gasteiger partial charge in [0.1, 0.15) is 46.7 Å². The lowest BCUT2D eigenvalue weighted by molar-refractivity contribution is -0.389. The van der Waals surface area contributed by atoms with Crippen LogP contribution in [0.1, 0.15) is 169 Å². The van der Waals surface area contributed by atoms with Crippen LogP contribution < -0.4 is 28.7 Å². The number of carbonyl (C=O) groups excluding carboxylic acids is 3. The third kappa shape index (κ3) is 25.3. The van der Waals surface area contributed by atoms with Crippen LogP contribution in [0.25, 0.3) is 56.2 Å². The Morgan fingerprint density at radius 2 is 1.04 bits per heavy atom. The second-order valence-corrected chi connectivity index (χ2v) is 43.8. The third-order valence-corrected chi connectivity index (χ3v) is 25.0. The highest BCUT2D eigenvalue weighted by atomic mass is 31.2. The molecular formula is C90H112F2N4O18P2Si. The number of nitrogens with zero attached hydrogens (tertiary/aromatic N) is 2. The Balaban J connectivity index is 0.000000255. The molecule has 3 heterocycles. The second-order valence-electron chi connectivity index (χ2n) is 34.1. The molecule has 11 rings (SSSR count). The van der Waals surface area contributed by atoms with E-state index in [1.807, 2.05) is 18.2 Å². The molecule has 27 heteroatoms. The predicted octanol–water partition coefficient (Wildman–Crippen LogP) is 19.8. The molecule has 2 saturated carbocycles. The van der Waals surface area contributed by atoms with Gasteiger partial charge in [-0.25, -0.2) is 19.0 Å². The van der Waals surface area contributed by atoms with Gasteiger partial charge >= 0.3 is 38.9 Å². The SMILES string of the molecule is CC(C)OC(=O)[C@H](C)NP(=O)(COc1ccc2nc(C3CC3)c(/C=C/[C@@H](O)C[C@@H](O)CC(=O)O)c(-c3ccc(F)cc3)c2c1)Oc1ccccc1.CC(C)OC(=O)[C@H](C)NP(=O)(COc1ccc2nc(C3CC3)c(/C=C/[C@@H]3C[C@H](CC(=O)OCC[Si](C)(C)C)OC(C(C)(C)C)(C(C)(C)C)O3)c(-c3ccc(F)cc3)c2c1)Oc1ccccc1. The van der Waals surface area contributed by atoms with Gasteiger partial charge in [0, 0.05) is 76.6 Å². The maximum Gasteiger partial charge on any atom is 0.354 e. The van der Waals surface area contributed by atoms with E-state index in [1.54, 1.807) is 144 Å². The number of rotatable bonds is 35. The lowest BCUT2D eigenvalue weighted by atomic mass is 9.69. The Morgan fingerprint density at radius 3 is 1.44 bits per heavy atom. The van der Waals surface area contributed by atoms with Crippen molar-refractivity contribution in [1.29, 1.82) is 0 Å². The third-order valence-electron chi connectivity index (χ3n) is 19.7. The van der Waals surface area contributed by atoms with Crippen LogP contribution in [-0.4, -0.2) is 131 Å². The first-order valence-corrected chi connectivity index (χ1v) is 47.3. The van der Waals surface area contributed by atoms with Gasteiger partial charge < -0.3 is 57.5 Å². The second kappa shape index (κ2) is 38.8. The summed E-state index contributed by atoms with van der Waals surface area (Å²) in [5.74, 6) is -2.77. The van der Waals surface area contributed by atoms with E-state index in [9.17, 15) is 47.3 Å². The normalized spacial score (nSPS) is 17.9. The number of para-hydroxylation sites is 2. The number of aliphatic hydroxyl groups is 2. The Labute approximate surface area is 685 Å². The van der Waals surface area contributed by atoms with Gasteiger partial charge in [-0.05, 0) is 169 Å². The number of nitrogens with one attached hydrogen (secondary N) is 2. The molecule has 3 fully saturated rings. The van der Waals surface area contributed by atoms with Crippen LogP contribution in [0.5, 0.6) is 23.0 Å². The number of aliphatic hydroxyl groups excluding tert-OH is 2. The van der Waals surface area contributed by atoms with Crippen molar-refractivity contribution in [3.05, 3.63) is 192 Å². The molecular weight excluding hydrogens is 1550 g/mol. The average molecular weight is 1670 g/mol. The standard InChI is InChI=1S/C52H70FN2O9PSi.C38H42FN2O9P/c1-34(2)61-49(57)35(3)55-65(58,64-39-16-14-13-15-17-39)33-60-40-25-27-45-44(31-40)47(36-20-22-38(53)23-21-36)43(48(54-45)37-18-19-37)26-24-41-30-42(32-46(56)59-28-29-66(10,11)12)63-52(62-41,50(4,5)6)51(7,8)9;1-23(2)49-38(46)24(3)41-51(47,50-30-7-5-4-6-8-30)22-48-31-16-18-34-33(21-31)36(25-11-13-27(39)14-12-25)32(37(40-34)26-9-10-26)17-15-28(42)19-29(43)20-35(44)45/h13-17,20-27,31,34-35,37,41-42H,18-19,28-30,32-33H2,1-12H3,(H,55,58);4-8,11-18,21,23-24,26,28-29,42-43H,9-10,19-20,22H2,1-3H3,(H,41,47)(H,44,45)/b26-24+;17-15+/t35-,41+,42+,65?;24-,28+,29+,51?/m00/s1.